The van der Waals surface area contributed by atoms with Crippen LogP contribution in [0.4, 0.5) is 0 Å². The van der Waals surface area contributed by atoms with Gasteiger partial charge in [-0.15, -0.1) is 0 Å². The molecule has 1 aliphatic rings. The van der Waals surface area contributed by atoms with Crippen molar-refractivity contribution in [2.24, 2.45) is 0 Å². The highest BCUT2D eigenvalue weighted by atomic mass is 16.5. The van der Waals surface area contributed by atoms with Gasteiger partial charge in [0.25, 0.3) is 5.91 Å². The summed E-state index contributed by atoms with van der Waals surface area (Å²) in [5.74, 6) is 0.159. The summed E-state index contributed by atoms with van der Waals surface area (Å²) in [7, 11) is 0. The van der Waals surface area contributed by atoms with Crippen molar-refractivity contribution in [1.29, 1.82) is 0 Å². The second kappa shape index (κ2) is 8.09. The van der Waals surface area contributed by atoms with Crippen LogP contribution in [0.25, 0.3) is 11.0 Å². The summed E-state index contributed by atoms with van der Waals surface area (Å²) in [4.78, 5) is 24.3. The Balaban J connectivity index is 1.42. The largest absolute Gasteiger partial charge is 0.483 e. The lowest BCUT2D eigenvalue weighted by Crippen LogP contribution is -2.32. The number of ether oxygens (including phenoxy) is 1. The fourth-order valence-electron chi connectivity index (χ4n) is 3.82. The van der Waals surface area contributed by atoms with Gasteiger partial charge in [0.15, 0.2) is 6.61 Å². The molecule has 1 amide bonds. The van der Waals surface area contributed by atoms with Gasteiger partial charge in [0.05, 0.1) is 6.10 Å². The molecule has 0 saturated heterocycles. The Morgan fingerprint density at radius 3 is 2.72 bits per heavy atom. The maximum Gasteiger partial charge on any atom is 0.339 e. The Morgan fingerprint density at radius 2 is 1.93 bits per heavy atom. The average Bonchev–Trinajstić information content (AvgIpc) is 3.23. The van der Waals surface area contributed by atoms with Gasteiger partial charge in [-0.1, -0.05) is 30.3 Å². The van der Waals surface area contributed by atoms with Gasteiger partial charge in [-0.25, -0.2) is 4.79 Å². The SMILES string of the molecule is Cc1c(OCC(=O)NC[C@H](O)c2ccccc2)ccc2c3c(c(=O)oc12)CCC3. The van der Waals surface area contributed by atoms with E-state index in [4.69, 9.17) is 9.15 Å². The number of aliphatic hydroxyl groups is 1. The highest BCUT2D eigenvalue weighted by Gasteiger charge is 2.21. The molecule has 2 N–H and O–H groups in total. The van der Waals surface area contributed by atoms with Gasteiger partial charge in [0, 0.05) is 23.1 Å². The lowest BCUT2D eigenvalue weighted by molar-refractivity contribution is -0.123. The number of hydrogen-bond donors (Lipinski definition) is 2. The number of nitrogens with one attached hydrogen (secondary N) is 1. The normalized spacial score (nSPS) is 13.9. The van der Waals surface area contributed by atoms with Gasteiger partial charge < -0.3 is 19.6 Å². The molecule has 0 spiro atoms. The van der Waals surface area contributed by atoms with E-state index in [0.29, 0.717) is 16.9 Å². The van der Waals surface area contributed by atoms with Crippen LogP contribution in [0.15, 0.2) is 51.7 Å². The Labute approximate surface area is 168 Å². The molecular weight excluding hydrogens is 370 g/mol. The molecule has 6 heteroatoms. The number of aliphatic hydroxyl groups excluding tert-OH is 1. The van der Waals surface area contributed by atoms with Gasteiger partial charge in [-0.3, -0.25) is 4.79 Å². The summed E-state index contributed by atoms with van der Waals surface area (Å²) in [5, 5.41) is 13.7. The van der Waals surface area contributed by atoms with Crippen molar-refractivity contribution in [3.63, 3.8) is 0 Å². The monoisotopic (exact) mass is 393 g/mol. The molecule has 0 unspecified atom stereocenters. The third-order valence-electron chi connectivity index (χ3n) is 5.38. The van der Waals surface area contributed by atoms with Crippen LogP contribution in [0.3, 0.4) is 0 Å². The lowest BCUT2D eigenvalue weighted by Gasteiger charge is -2.14. The number of hydrogen-bond acceptors (Lipinski definition) is 5. The number of carbonyl (C=O) groups is 1. The maximum absolute atomic E-state index is 12.2. The van der Waals surface area contributed by atoms with Crippen molar-refractivity contribution < 1.29 is 19.1 Å². The van der Waals surface area contributed by atoms with Crippen LogP contribution in [-0.4, -0.2) is 24.2 Å². The third kappa shape index (κ3) is 3.89. The summed E-state index contributed by atoms with van der Waals surface area (Å²) >= 11 is 0. The van der Waals surface area contributed by atoms with Crippen molar-refractivity contribution in [1.82, 2.24) is 5.32 Å². The zero-order valence-electron chi connectivity index (χ0n) is 16.2. The summed E-state index contributed by atoms with van der Waals surface area (Å²) in [6, 6.07) is 12.8. The summed E-state index contributed by atoms with van der Waals surface area (Å²) < 4.78 is 11.2. The predicted molar refractivity (Wildman–Crippen MR) is 109 cm³/mol. The Kier molecular flexibility index (Phi) is 5.36. The first-order valence-corrected chi connectivity index (χ1v) is 9.75. The van der Waals surface area contributed by atoms with Crippen molar-refractivity contribution in [3.8, 4) is 5.75 Å². The summed E-state index contributed by atoms with van der Waals surface area (Å²) in [6.07, 6.45) is 1.83. The molecule has 3 aromatic rings. The molecule has 1 heterocycles. The van der Waals surface area contributed by atoms with E-state index in [2.05, 4.69) is 5.32 Å². The van der Waals surface area contributed by atoms with E-state index in [1.807, 2.05) is 37.3 Å². The standard InChI is InChI=1S/C23H23NO5/c1-14-20(11-10-17-16-8-5-9-18(16)23(27)29-22(14)17)28-13-21(26)24-12-19(25)15-6-3-2-4-7-15/h2-4,6-7,10-11,19,25H,5,8-9,12-13H2,1H3,(H,24,26)/t19-/m0/s1. The van der Waals surface area contributed by atoms with E-state index in [9.17, 15) is 14.7 Å². The van der Waals surface area contributed by atoms with E-state index in [1.165, 1.54) is 0 Å². The van der Waals surface area contributed by atoms with Crippen LogP contribution >= 0.6 is 0 Å². The summed E-state index contributed by atoms with van der Waals surface area (Å²) in [6.45, 7) is 1.73. The molecule has 1 aliphatic carbocycles. The van der Waals surface area contributed by atoms with E-state index >= 15 is 0 Å². The number of benzene rings is 2. The van der Waals surface area contributed by atoms with Crippen molar-refractivity contribution in [3.05, 3.63) is 75.1 Å². The van der Waals surface area contributed by atoms with Crippen molar-refractivity contribution >= 4 is 16.9 Å². The molecule has 0 saturated carbocycles. The van der Waals surface area contributed by atoms with E-state index < -0.39 is 6.10 Å². The first-order chi connectivity index (χ1) is 14.0. The first kappa shape index (κ1) is 19.2. The smallest absolute Gasteiger partial charge is 0.339 e. The third-order valence-corrected chi connectivity index (χ3v) is 5.38. The topological polar surface area (TPSA) is 88.8 Å². The summed E-state index contributed by atoms with van der Waals surface area (Å²) in [5.41, 5.74) is 3.53. The predicted octanol–water partition coefficient (Wildman–Crippen LogP) is 2.82. The van der Waals surface area contributed by atoms with E-state index in [1.54, 1.807) is 12.1 Å². The highest BCUT2D eigenvalue weighted by molar-refractivity contribution is 5.86. The van der Waals surface area contributed by atoms with E-state index in [0.717, 1.165) is 41.3 Å². The molecule has 0 aliphatic heterocycles. The molecule has 1 atom stereocenters. The molecule has 2 aromatic carbocycles. The second-order valence-electron chi connectivity index (χ2n) is 7.28. The minimum absolute atomic E-state index is 0.101. The van der Waals surface area contributed by atoms with Gasteiger partial charge >= 0.3 is 5.63 Å². The number of amides is 1. The van der Waals surface area contributed by atoms with Crippen LogP contribution in [0.2, 0.25) is 0 Å². The zero-order valence-corrected chi connectivity index (χ0v) is 16.2. The molecule has 150 valence electrons. The number of fused-ring (bicyclic) bond motifs is 3. The van der Waals surface area contributed by atoms with Crippen LogP contribution in [-0.2, 0) is 17.6 Å². The minimum Gasteiger partial charge on any atom is -0.483 e. The lowest BCUT2D eigenvalue weighted by atomic mass is 10.0. The van der Waals surface area contributed by atoms with Crippen LogP contribution in [0.5, 0.6) is 5.75 Å². The molecule has 6 nitrogen and oxygen atoms in total. The minimum atomic E-state index is -0.779. The molecule has 0 fully saturated rings. The zero-order chi connectivity index (χ0) is 20.4. The quantitative estimate of drug-likeness (QED) is 0.629. The Bertz CT molecular complexity index is 1100. The number of carbonyl (C=O) groups excluding carboxylic acids is 1. The molecule has 0 bridgehead atoms. The second-order valence-corrected chi connectivity index (χ2v) is 7.28. The average molecular weight is 393 g/mol. The van der Waals surface area contributed by atoms with E-state index in [-0.39, 0.29) is 24.7 Å². The molecular formula is C23H23NO5. The maximum atomic E-state index is 12.2. The van der Waals surface area contributed by atoms with Crippen LogP contribution in [0.1, 0.15) is 34.8 Å². The van der Waals surface area contributed by atoms with Crippen LogP contribution < -0.4 is 15.7 Å². The van der Waals surface area contributed by atoms with Crippen molar-refractivity contribution in [2.45, 2.75) is 32.3 Å². The Hall–Kier alpha value is -3.12. The van der Waals surface area contributed by atoms with Gasteiger partial charge in [0.2, 0.25) is 0 Å². The number of aryl methyl sites for hydroxylation is 2. The molecule has 4 rings (SSSR count). The van der Waals surface area contributed by atoms with Crippen LogP contribution in [0, 0.1) is 6.92 Å². The first-order valence-electron chi connectivity index (χ1n) is 9.75. The van der Waals surface area contributed by atoms with Gasteiger partial charge in [0.1, 0.15) is 11.3 Å². The van der Waals surface area contributed by atoms with Gasteiger partial charge in [-0.05, 0) is 49.4 Å². The molecule has 0 radical (unpaired) electrons. The highest BCUT2D eigenvalue weighted by Crippen LogP contribution is 2.32. The fourth-order valence-corrected chi connectivity index (χ4v) is 3.82. The molecule has 29 heavy (non-hydrogen) atoms. The molecule has 1 aromatic heterocycles. The number of rotatable bonds is 6. The fraction of sp³-hybridized carbons (Fsp3) is 0.304. The van der Waals surface area contributed by atoms with Crippen molar-refractivity contribution in [2.75, 3.05) is 13.2 Å². The Morgan fingerprint density at radius 1 is 1.17 bits per heavy atom. The van der Waals surface area contributed by atoms with Gasteiger partial charge in [-0.2, -0.15) is 0 Å².